The molecule has 4 aliphatic rings. The Morgan fingerprint density at radius 2 is 2.26 bits per heavy atom. The monoisotopic (exact) mass is 263 g/mol. The number of amides is 2. The molecule has 3 saturated heterocycles. The molecule has 1 atom stereocenters. The van der Waals surface area contributed by atoms with E-state index in [1.165, 1.54) is 0 Å². The lowest BCUT2D eigenvalue weighted by Gasteiger charge is -2.49. The number of nitrogens with zero attached hydrogens (tertiary/aromatic N) is 4. The van der Waals surface area contributed by atoms with Gasteiger partial charge in [0.05, 0.1) is 23.4 Å². The first-order valence-electron chi connectivity index (χ1n) is 6.71. The summed E-state index contributed by atoms with van der Waals surface area (Å²) in [5.41, 5.74) is 0.519. The summed E-state index contributed by atoms with van der Waals surface area (Å²) in [6, 6.07) is 0.0430. The number of hydrogen-bond acceptors (Lipinski definition) is 4. The first-order valence-corrected chi connectivity index (χ1v) is 6.71. The number of urea groups is 1. The van der Waals surface area contributed by atoms with Gasteiger partial charge in [0.1, 0.15) is 5.69 Å². The molecule has 4 fully saturated rings. The van der Waals surface area contributed by atoms with Gasteiger partial charge in [0.25, 0.3) is 0 Å². The van der Waals surface area contributed by atoms with Crippen LogP contribution in [0.3, 0.4) is 0 Å². The van der Waals surface area contributed by atoms with E-state index in [0.29, 0.717) is 12.2 Å². The van der Waals surface area contributed by atoms with Gasteiger partial charge >= 0.3 is 6.03 Å². The van der Waals surface area contributed by atoms with Crippen molar-refractivity contribution < 1.29 is 9.90 Å². The van der Waals surface area contributed by atoms with Gasteiger partial charge in [-0.2, -0.15) is 0 Å². The Kier molecular flexibility index (Phi) is 1.93. The maximum Gasteiger partial charge on any atom is 0.317 e. The molecule has 0 radical (unpaired) electrons. The van der Waals surface area contributed by atoms with Crippen LogP contribution < -0.4 is 5.32 Å². The quantitative estimate of drug-likeness (QED) is 0.786. The molecule has 4 heterocycles. The number of carbonyl (C=O) groups excluding carboxylic acids is 1. The van der Waals surface area contributed by atoms with E-state index < -0.39 is 6.10 Å². The van der Waals surface area contributed by atoms with E-state index in [9.17, 15) is 9.90 Å². The van der Waals surface area contributed by atoms with Crippen LogP contribution in [0.1, 0.15) is 38.0 Å². The summed E-state index contributed by atoms with van der Waals surface area (Å²) in [5.74, 6) is 0. The second-order valence-corrected chi connectivity index (χ2v) is 6.13. The zero-order valence-electron chi connectivity index (χ0n) is 10.8. The van der Waals surface area contributed by atoms with Crippen molar-refractivity contribution in [3.63, 3.8) is 0 Å². The molecule has 5 rings (SSSR count). The summed E-state index contributed by atoms with van der Waals surface area (Å²) >= 11 is 0. The summed E-state index contributed by atoms with van der Waals surface area (Å²) in [5, 5.41) is 20.6. The van der Waals surface area contributed by atoms with Gasteiger partial charge in [0.2, 0.25) is 0 Å². The van der Waals surface area contributed by atoms with Crippen LogP contribution in [-0.4, -0.2) is 49.7 Å². The minimum Gasteiger partial charge on any atom is -0.387 e. The van der Waals surface area contributed by atoms with Gasteiger partial charge in [-0.15, -0.1) is 5.10 Å². The predicted octanol–water partition coefficient (Wildman–Crippen LogP) is -0.0118. The van der Waals surface area contributed by atoms with Crippen molar-refractivity contribution in [1.82, 2.24) is 25.2 Å². The average Bonchev–Trinajstić information content (AvgIpc) is 2.98. The highest BCUT2D eigenvalue weighted by atomic mass is 16.3. The summed E-state index contributed by atoms with van der Waals surface area (Å²) in [6.45, 7) is 3.14. The van der Waals surface area contributed by atoms with Gasteiger partial charge in [-0.1, -0.05) is 5.21 Å². The van der Waals surface area contributed by atoms with Crippen LogP contribution in [0.2, 0.25) is 0 Å². The van der Waals surface area contributed by atoms with Crippen LogP contribution in [0.4, 0.5) is 4.79 Å². The van der Waals surface area contributed by atoms with Gasteiger partial charge < -0.3 is 15.3 Å². The Hall–Kier alpha value is -1.63. The Morgan fingerprint density at radius 1 is 1.47 bits per heavy atom. The SMILES string of the molecule is C[C@H](O)c1cn(C23CN4C(=O)NCCC4(C2)C3)nn1. The number of hydrogen-bond donors (Lipinski definition) is 2. The lowest BCUT2D eigenvalue weighted by atomic mass is 9.65. The van der Waals surface area contributed by atoms with Crippen molar-refractivity contribution in [3.05, 3.63) is 11.9 Å². The molecule has 0 aromatic carbocycles. The molecule has 3 aliphatic heterocycles. The second-order valence-electron chi connectivity index (χ2n) is 6.13. The zero-order chi connectivity index (χ0) is 13.3. The van der Waals surface area contributed by atoms with Crippen LogP contribution in [0, 0.1) is 0 Å². The molecular weight excluding hydrogens is 246 g/mol. The minimum absolute atomic E-state index is 0.0409. The zero-order valence-corrected chi connectivity index (χ0v) is 10.8. The summed E-state index contributed by atoms with van der Waals surface area (Å²) in [4.78, 5) is 13.9. The fourth-order valence-electron chi connectivity index (χ4n) is 3.97. The Morgan fingerprint density at radius 3 is 2.89 bits per heavy atom. The molecule has 0 unspecified atom stereocenters. The molecule has 102 valence electrons. The van der Waals surface area contributed by atoms with E-state index in [4.69, 9.17) is 0 Å². The van der Waals surface area contributed by atoms with Crippen LogP contribution in [-0.2, 0) is 5.54 Å². The van der Waals surface area contributed by atoms with E-state index in [1.54, 1.807) is 6.92 Å². The highest BCUT2D eigenvalue weighted by molar-refractivity contribution is 5.77. The number of aromatic nitrogens is 3. The van der Waals surface area contributed by atoms with Crippen LogP contribution >= 0.6 is 0 Å². The van der Waals surface area contributed by atoms with Crippen molar-refractivity contribution >= 4 is 6.03 Å². The third kappa shape index (κ3) is 1.28. The van der Waals surface area contributed by atoms with E-state index in [1.807, 2.05) is 15.8 Å². The van der Waals surface area contributed by atoms with Crippen molar-refractivity contribution in [2.24, 2.45) is 0 Å². The number of rotatable bonds is 2. The molecule has 1 aromatic rings. The maximum atomic E-state index is 11.9. The molecule has 2 amide bonds. The van der Waals surface area contributed by atoms with E-state index in [0.717, 1.165) is 25.8 Å². The molecule has 1 spiro atoms. The van der Waals surface area contributed by atoms with Gasteiger partial charge in [0.15, 0.2) is 0 Å². The average molecular weight is 263 g/mol. The van der Waals surface area contributed by atoms with E-state index >= 15 is 0 Å². The van der Waals surface area contributed by atoms with Gasteiger partial charge in [-0.3, -0.25) is 0 Å². The molecule has 1 aromatic heterocycles. The number of aliphatic hydroxyl groups is 1. The molecule has 1 saturated carbocycles. The predicted molar refractivity (Wildman–Crippen MR) is 65.3 cm³/mol. The van der Waals surface area contributed by atoms with Crippen LogP contribution in [0.5, 0.6) is 0 Å². The lowest BCUT2D eigenvalue weighted by Crippen LogP contribution is -2.60. The fourth-order valence-corrected chi connectivity index (χ4v) is 3.97. The Balaban J connectivity index is 1.65. The first kappa shape index (κ1) is 11.2. The molecular formula is C12H17N5O2. The molecule has 7 heteroatoms. The topological polar surface area (TPSA) is 83.3 Å². The van der Waals surface area contributed by atoms with Gasteiger partial charge in [-0.05, 0) is 26.2 Å². The van der Waals surface area contributed by atoms with Crippen molar-refractivity contribution in [2.45, 2.75) is 43.4 Å². The fraction of sp³-hybridized carbons (Fsp3) is 0.750. The summed E-state index contributed by atoms with van der Waals surface area (Å²) in [6.07, 6.45) is 4.13. The van der Waals surface area contributed by atoms with Gasteiger partial charge in [0, 0.05) is 13.1 Å². The van der Waals surface area contributed by atoms with Crippen LogP contribution in [0.15, 0.2) is 6.20 Å². The third-order valence-corrected chi connectivity index (χ3v) is 4.88. The highest BCUT2D eigenvalue weighted by Gasteiger charge is 2.68. The second kappa shape index (κ2) is 3.27. The minimum atomic E-state index is -0.605. The van der Waals surface area contributed by atoms with Gasteiger partial charge in [-0.25, -0.2) is 9.48 Å². The van der Waals surface area contributed by atoms with E-state index in [2.05, 4.69) is 15.6 Å². The largest absolute Gasteiger partial charge is 0.387 e. The number of carbonyl (C=O) groups is 1. The third-order valence-electron chi connectivity index (χ3n) is 4.88. The summed E-state index contributed by atoms with van der Waals surface area (Å²) < 4.78 is 1.85. The molecule has 2 N–H and O–H groups in total. The maximum absolute atomic E-state index is 11.9. The lowest BCUT2D eigenvalue weighted by molar-refractivity contribution is 0.0523. The smallest absolute Gasteiger partial charge is 0.317 e. The molecule has 2 bridgehead atoms. The first-order chi connectivity index (χ1) is 9.05. The molecule has 19 heavy (non-hydrogen) atoms. The Bertz CT molecular complexity index is 546. The van der Waals surface area contributed by atoms with E-state index in [-0.39, 0.29) is 17.1 Å². The van der Waals surface area contributed by atoms with Crippen molar-refractivity contribution in [2.75, 3.05) is 13.1 Å². The normalized spacial score (nSPS) is 37.6. The Labute approximate surface area is 110 Å². The number of nitrogens with one attached hydrogen (secondary N) is 1. The summed E-state index contributed by atoms with van der Waals surface area (Å²) in [7, 11) is 0. The van der Waals surface area contributed by atoms with Crippen LogP contribution in [0.25, 0.3) is 0 Å². The van der Waals surface area contributed by atoms with Crippen molar-refractivity contribution in [1.29, 1.82) is 0 Å². The standard InChI is InChI=1S/C12H17N5O2/c1-8(18)9-4-17(15-14-9)12-5-11(6-12)2-3-13-10(19)16(11)7-12/h4,8,18H,2-3,5-7H2,1H3,(H,13,19)/t8-,11?,12?/m0/s1. The highest BCUT2D eigenvalue weighted by Crippen LogP contribution is 2.59. The van der Waals surface area contributed by atoms with Crippen molar-refractivity contribution in [3.8, 4) is 0 Å². The molecule has 1 aliphatic carbocycles. The molecule has 7 nitrogen and oxygen atoms in total. The number of aliphatic hydroxyl groups excluding tert-OH is 1.